The summed E-state index contributed by atoms with van der Waals surface area (Å²) in [7, 11) is 4.00. The minimum absolute atomic E-state index is 0. The molecule has 3 rings (SSSR count). The van der Waals surface area contributed by atoms with Gasteiger partial charge in [-0.3, -0.25) is 9.69 Å². The SMILES string of the molecule is CSc1ccc2nc(N(CCN(C)C)C(=O)COc3ccc(C(C)C)cc3)sc2c1.Cl. The summed E-state index contributed by atoms with van der Waals surface area (Å²) in [6.45, 7) is 5.61. The van der Waals surface area contributed by atoms with Gasteiger partial charge in [0, 0.05) is 18.0 Å². The van der Waals surface area contributed by atoms with E-state index in [1.807, 2.05) is 44.4 Å². The van der Waals surface area contributed by atoms with Crippen LogP contribution in [-0.4, -0.2) is 55.8 Å². The minimum atomic E-state index is -0.0890. The van der Waals surface area contributed by atoms with Gasteiger partial charge in [0.05, 0.1) is 10.2 Å². The number of halogens is 1. The van der Waals surface area contributed by atoms with Gasteiger partial charge in [-0.1, -0.05) is 37.3 Å². The number of nitrogens with zero attached hydrogens (tertiary/aromatic N) is 3. The number of hydrogen-bond acceptors (Lipinski definition) is 6. The Hall–Kier alpha value is -1.80. The molecule has 0 aliphatic carbocycles. The predicted octanol–water partition coefficient (Wildman–Crippen LogP) is 5.54. The van der Waals surface area contributed by atoms with Crippen molar-refractivity contribution in [2.75, 3.05) is 44.9 Å². The summed E-state index contributed by atoms with van der Waals surface area (Å²) in [5.41, 5.74) is 2.17. The summed E-state index contributed by atoms with van der Waals surface area (Å²) in [5.74, 6) is 1.08. The van der Waals surface area contributed by atoms with E-state index in [1.165, 1.54) is 10.5 Å². The number of likely N-dealkylation sites (N-methyl/N-ethyl adjacent to an activating group) is 1. The molecule has 0 fully saturated rings. The maximum absolute atomic E-state index is 13.0. The van der Waals surface area contributed by atoms with Crippen LogP contribution in [0, 0.1) is 0 Å². The molecule has 0 aliphatic heterocycles. The number of carbonyl (C=O) groups is 1. The van der Waals surface area contributed by atoms with Gasteiger partial charge >= 0.3 is 0 Å². The topological polar surface area (TPSA) is 45.7 Å². The fourth-order valence-corrected chi connectivity index (χ4v) is 4.50. The molecule has 2 aromatic carbocycles. The molecule has 0 N–H and O–H groups in total. The number of hydrogen-bond donors (Lipinski definition) is 0. The summed E-state index contributed by atoms with van der Waals surface area (Å²) in [5, 5.41) is 0.717. The first-order valence-electron chi connectivity index (χ1n) is 10.00. The van der Waals surface area contributed by atoms with Crippen LogP contribution in [0.25, 0.3) is 10.2 Å². The quantitative estimate of drug-likeness (QED) is 0.377. The van der Waals surface area contributed by atoms with E-state index in [9.17, 15) is 4.79 Å². The van der Waals surface area contributed by atoms with Crippen molar-refractivity contribution in [2.24, 2.45) is 0 Å². The van der Waals surface area contributed by atoms with Crippen molar-refractivity contribution in [3.8, 4) is 5.75 Å². The first-order valence-corrected chi connectivity index (χ1v) is 12.0. The monoisotopic (exact) mass is 479 g/mol. The van der Waals surface area contributed by atoms with E-state index >= 15 is 0 Å². The molecular formula is C23H30ClN3O2S2. The van der Waals surface area contributed by atoms with Crippen molar-refractivity contribution < 1.29 is 9.53 Å². The highest BCUT2D eigenvalue weighted by atomic mass is 35.5. The van der Waals surface area contributed by atoms with Crippen LogP contribution in [-0.2, 0) is 4.79 Å². The maximum Gasteiger partial charge on any atom is 0.266 e. The average Bonchev–Trinajstić information content (AvgIpc) is 3.15. The second-order valence-electron chi connectivity index (χ2n) is 7.69. The number of thiazole rings is 1. The molecule has 0 radical (unpaired) electrons. The highest BCUT2D eigenvalue weighted by Crippen LogP contribution is 2.31. The minimum Gasteiger partial charge on any atom is -0.484 e. The van der Waals surface area contributed by atoms with Crippen LogP contribution < -0.4 is 9.64 Å². The Morgan fingerprint density at radius 3 is 2.45 bits per heavy atom. The number of aromatic nitrogens is 1. The van der Waals surface area contributed by atoms with E-state index in [2.05, 4.69) is 37.1 Å². The largest absolute Gasteiger partial charge is 0.484 e. The predicted molar refractivity (Wildman–Crippen MR) is 136 cm³/mol. The van der Waals surface area contributed by atoms with Crippen molar-refractivity contribution >= 4 is 56.8 Å². The lowest BCUT2D eigenvalue weighted by atomic mass is 10.0. The van der Waals surface area contributed by atoms with E-state index < -0.39 is 0 Å². The van der Waals surface area contributed by atoms with Gasteiger partial charge < -0.3 is 9.64 Å². The number of fused-ring (bicyclic) bond motifs is 1. The Morgan fingerprint density at radius 2 is 1.84 bits per heavy atom. The lowest BCUT2D eigenvalue weighted by Gasteiger charge is -2.22. The van der Waals surface area contributed by atoms with Crippen LogP contribution in [0.4, 0.5) is 5.13 Å². The number of anilines is 1. The molecule has 1 amide bonds. The molecule has 3 aromatic rings. The molecule has 0 unspecified atom stereocenters. The highest BCUT2D eigenvalue weighted by molar-refractivity contribution is 7.98. The fourth-order valence-electron chi connectivity index (χ4n) is 2.93. The van der Waals surface area contributed by atoms with Gasteiger partial charge in [-0.25, -0.2) is 4.98 Å². The molecule has 0 bridgehead atoms. The summed E-state index contributed by atoms with van der Waals surface area (Å²) in [6, 6.07) is 14.1. The van der Waals surface area contributed by atoms with E-state index in [0.717, 1.165) is 16.8 Å². The lowest BCUT2D eigenvalue weighted by Crippen LogP contribution is -2.39. The molecular weight excluding hydrogens is 450 g/mol. The Morgan fingerprint density at radius 1 is 1.13 bits per heavy atom. The molecule has 0 atom stereocenters. The molecule has 1 aromatic heterocycles. The fraction of sp³-hybridized carbons (Fsp3) is 0.391. The zero-order valence-electron chi connectivity index (χ0n) is 18.6. The lowest BCUT2D eigenvalue weighted by molar-refractivity contribution is -0.120. The Labute approximate surface area is 199 Å². The standard InChI is InChI=1S/C23H29N3O2S2.ClH/c1-16(2)17-6-8-18(9-7-17)28-15-22(27)26(13-12-25(3)4)23-24-20-11-10-19(29-5)14-21(20)30-23;/h6-11,14,16H,12-13,15H2,1-5H3;1H. The first-order chi connectivity index (χ1) is 14.4. The third-order valence-corrected chi connectivity index (χ3v) is 6.56. The third kappa shape index (κ3) is 6.84. The van der Waals surface area contributed by atoms with Crippen LogP contribution in [0.3, 0.4) is 0 Å². The van der Waals surface area contributed by atoms with Crippen LogP contribution in [0.5, 0.6) is 5.75 Å². The highest BCUT2D eigenvalue weighted by Gasteiger charge is 2.20. The first kappa shape index (κ1) is 25.5. The molecule has 1 heterocycles. The summed E-state index contributed by atoms with van der Waals surface area (Å²) >= 11 is 3.25. The van der Waals surface area contributed by atoms with Gasteiger partial charge in [-0.15, -0.1) is 24.2 Å². The molecule has 8 heteroatoms. The zero-order chi connectivity index (χ0) is 21.7. The number of ether oxygens (including phenoxy) is 1. The molecule has 0 saturated carbocycles. The molecule has 0 aliphatic rings. The van der Waals surface area contributed by atoms with Crippen molar-refractivity contribution in [3.05, 3.63) is 48.0 Å². The molecule has 0 spiro atoms. The normalized spacial score (nSPS) is 11.1. The van der Waals surface area contributed by atoms with Crippen molar-refractivity contribution in [2.45, 2.75) is 24.7 Å². The van der Waals surface area contributed by atoms with Gasteiger partial charge in [0.25, 0.3) is 5.91 Å². The summed E-state index contributed by atoms with van der Waals surface area (Å²) < 4.78 is 6.88. The molecule has 31 heavy (non-hydrogen) atoms. The zero-order valence-corrected chi connectivity index (χ0v) is 21.1. The van der Waals surface area contributed by atoms with E-state index in [0.29, 0.717) is 23.3 Å². The van der Waals surface area contributed by atoms with Gasteiger partial charge in [-0.05, 0) is 62.2 Å². The Kier molecular flexibility index (Phi) is 9.62. The number of amides is 1. The second-order valence-corrected chi connectivity index (χ2v) is 9.58. The van der Waals surface area contributed by atoms with Crippen LogP contribution in [0.2, 0.25) is 0 Å². The Bertz CT molecular complexity index is 990. The molecule has 168 valence electrons. The number of benzene rings is 2. The summed E-state index contributed by atoms with van der Waals surface area (Å²) in [4.78, 5) is 22.8. The van der Waals surface area contributed by atoms with Crippen LogP contribution >= 0.6 is 35.5 Å². The van der Waals surface area contributed by atoms with Gasteiger partial charge in [-0.2, -0.15) is 0 Å². The maximum atomic E-state index is 13.0. The van der Waals surface area contributed by atoms with E-state index in [4.69, 9.17) is 9.72 Å². The number of carbonyl (C=O) groups excluding carboxylic acids is 1. The summed E-state index contributed by atoms with van der Waals surface area (Å²) in [6.07, 6.45) is 2.06. The van der Waals surface area contributed by atoms with Gasteiger partial charge in [0.2, 0.25) is 0 Å². The van der Waals surface area contributed by atoms with Gasteiger partial charge in [0.1, 0.15) is 5.75 Å². The Balaban J connectivity index is 0.00000341. The van der Waals surface area contributed by atoms with Crippen LogP contribution in [0.15, 0.2) is 47.4 Å². The smallest absolute Gasteiger partial charge is 0.266 e. The van der Waals surface area contributed by atoms with E-state index in [-0.39, 0.29) is 24.9 Å². The second kappa shape index (κ2) is 11.7. The average molecular weight is 480 g/mol. The number of thioether (sulfide) groups is 1. The van der Waals surface area contributed by atoms with Gasteiger partial charge in [0.15, 0.2) is 11.7 Å². The van der Waals surface area contributed by atoms with Crippen LogP contribution in [0.1, 0.15) is 25.3 Å². The van der Waals surface area contributed by atoms with Crippen molar-refractivity contribution in [1.29, 1.82) is 0 Å². The van der Waals surface area contributed by atoms with E-state index in [1.54, 1.807) is 28.0 Å². The number of rotatable bonds is 9. The molecule has 5 nitrogen and oxygen atoms in total. The molecule has 0 saturated heterocycles. The van der Waals surface area contributed by atoms with Crippen molar-refractivity contribution in [3.63, 3.8) is 0 Å². The van der Waals surface area contributed by atoms with Crippen molar-refractivity contribution in [1.82, 2.24) is 9.88 Å². The third-order valence-electron chi connectivity index (χ3n) is 4.80.